The van der Waals surface area contributed by atoms with E-state index >= 15 is 0 Å². The molecule has 3 nitrogen and oxygen atoms in total. The monoisotopic (exact) mass is 319 g/mol. The van der Waals surface area contributed by atoms with E-state index in [-0.39, 0.29) is 4.90 Å². The molecule has 0 atom stereocenters. The Morgan fingerprint density at radius 3 is 2.39 bits per heavy atom. The summed E-state index contributed by atoms with van der Waals surface area (Å²) in [5.41, 5.74) is 2.14. The minimum absolute atomic E-state index is 0.276. The maximum Gasteiger partial charge on any atom is 0.283 e. The van der Waals surface area contributed by atoms with Crippen molar-refractivity contribution in [2.75, 3.05) is 0 Å². The first kappa shape index (κ1) is 13.9. The van der Waals surface area contributed by atoms with Crippen molar-refractivity contribution in [1.29, 1.82) is 0 Å². The fourth-order valence-corrected chi connectivity index (χ4v) is 3.96. The number of nitrogens with zero attached hydrogens (tertiary/aromatic N) is 1. The second kappa shape index (κ2) is 5.18. The normalized spacial score (nSPS) is 15.7. The van der Waals surface area contributed by atoms with Crippen LogP contribution >= 0.6 is 0 Å². The van der Waals surface area contributed by atoms with Crippen LogP contribution in [0, 0.1) is 0 Å². The zero-order valence-corrected chi connectivity index (χ0v) is 13.0. The van der Waals surface area contributed by atoms with Crippen LogP contribution in [0.15, 0.2) is 82.1 Å². The predicted molar refractivity (Wildman–Crippen MR) is 93.1 cm³/mol. The fourth-order valence-electron chi connectivity index (χ4n) is 2.74. The molecule has 0 saturated heterocycles. The van der Waals surface area contributed by atoms with E-state index in [1.54, 1.807) is 24.3 Å². The quantitative estimate of drug-likeness (QED) is 0.715. The van der Waals surface area contributed by atoms with Gasteiger partial charge in [-0.2, -0.15) is 12.8 Å². The average molecular weight is 319 g/mol. The molecule has 0 unspecified atom stereocenters. The number of fused-ring (bicyclic) bond motifs is 2. The van der Waals surface area contributed by atoms with Gasteiger partial charge in [0.05, 0.1) is 10.6 Å². The largest absolute Gasteiger partial charge is 0.283 e. The highest BCUT2D eigenvalue weighted by Crippen LogP contribution is 2.26. The van der Waals surface area contributed by atoms with E-state index in [2.05, 4.69) is 28.7 Å². The zero-order chi connectivity index (χ0) is 15.9. The standard InChI is InChI=1S/C19H13NO2S/c21-23(22)19-8-4-3-7-17(19)18(20-23)12-10-14-9-11-15-5-1-2-6-16(15)13-14/h1-13H/b12-10-. The van der Waals surface area contributed by atoms with Crippen LogP contribution < -0.4 is 0 Å². The maximum atomic E-state index is 12.0. The molecule has 23 heavy (non-hydrogen) atoms. The first-order valence-electron chi connectivity index (χ1n) is 7.25. The first-order valence-corrected chi connectivity index (χ1v) is 8.69. The van der Waals surface area contributed by atoms with E-state index in [0.717, 1.165) is 10.9 Å². The summed E-state index contributed by atoms with van der Waals surface area (Å²) in [5, 5.41) is 2.33. The van der Waals surface area contributed by atoms with Gasteiger partial charge in [0, 0.05) is 5.56 Å². The molecular weight excluding hydrogens is 306 g/mol. The molecule has 0 aliphatic carbocycles. The number of sulfonamides is 1. The van der Waals surface area contributed by atoms with E-state index in [1.807, 2.05) is 30.3 Å². The average Bonchev–Trinajstić information content (AvgIpc) is 2.84. The molecule has 0 spiro atoms. The molecule has 0 amide bonds. The first-order chi connectivity index (χ1) is 11.1. The number of allylic oxidation sites excluding steroid dienone is 1. The lowest BCUT2D eigenvalue weighted by atomic mass is 10.1. The van der Waals surface area contributed by atoms with Crippen LogP contribution in [0.5, 0.6) is 0 Å². The summed E-state index contributed by atoms with van der Waals surface area (Å²) in [6, 6.07) is 21.2. The Morgan fingerprint density at radius 2 is 1.52 bits per heavy atom. The highest BCUT2D eigenvalue weighted by atomic mass is 32.2. The Kier molecular flexibility index (Phi) is 3.13. The SMILES string of the molecule is O=S1(=O)N=C(/C=C\c2ccc3ccccc3c2)c2ccccc21. The molecule has 0 fully saturated rings. The Morgan fingerprint density at radius 1 is 0.783 bits per heavy atom. The Bertz CT molecular complexity index is 1080. The van der Waals surface area contributed by atoms with Crippen LogP contribution in [0.4, 0.5) is 0 Å². The molecule has 3 aromatic carbocycles. The third-order valence-electron chi connectivity index (χ3n) is 3.87. The third-order valence-corrected chi connectivity index (χ3v) is 5.22. The Balaban J connectivity index is 1.74. The summed E-state index contributed by atoms with van der Waals surface area (Å²) in [5.74, 6) is 0. The smallest absolute Gasteiger partial charge is 0.199 e. The van der Waals surface area contributed by atoms with Crippen molar-refractivity contribution in [3.63, 3.8) is 0 Å². The van der Waals surface area contributed by atoms with Gasteiger partial charge in [0.25, 0.3) is 10.0 Å². The predicted octanol–water partition coefficient (Wildman–Crippen LogP) is 4.04. The van der Waals surface area contributed by atoms with Crippen LogP contribution in [0.25, 0.3) is 16.8 Å². The van der Waals surface area contributed by atoms with Gasteiger partial charge >= 0.3 is 0 Å². The van der Waals surface area contributed by atoms with Crippen molar-refractivity contribution >= 4 is 32.6 Å². The van der Waals surface area contributed by atoms with Crippen molar-refractivity contribution in [3.05, 3.63) is 83.9 Å². The van der Waals surface area contributed by atoms with Gasteiger partial charge in [-0.15, -0.1) is 0 Å². The van der Waals surface area contributed by atoms with Crippen LogP contribution in [0.1, 0.15) is 11.1 Å². The fraction of sp³-hybridized carbons (Fsp3) is 0. The lowest BCUT2D eigenvalue weighted by Gasteiger charge is -1.99. The van der Waals surface area contributed by atoms with Gasteiger partial charge in [-0.05, 0) is 34.5 Å². The second-order valence-corrected chi connectivity index (χ2v) is 6.96. The van der Waals surface area contributed by atoms with Crippen LogP contribution in [0.2, 0.25) is 0 Å². The minimum atomic E-state index is -3.56. The highest BCUT2D eigenvalue weighted by molar-refractivity contribution is 7.90. The molecule has 1 aliphatic heterocycles. The molecule has 1 heterocycles. The number of hydrogen-bond donors (Lipinski definition) is 0. The van der Waals surface area contributed by atoms with E-state index < -0.39 is 10.0 Å². The van der Waals surface area contributed by atoms with Gasteiger partial charge in [0.1, 0.15) is 0 Å². The molecule has 0 bridgehead atoms. The van der Waals surface area contributed by atoms with Crippen molar-refractivity contribution in [3.8, 4) is 0 Å². The van der Waals surface area contributed by atoms with Gasteiger partial charge in [-0.3, -0.25) is 0 Å². The molecule has 4 rings (SSSR count). The molecule has 1 aliphatic rings. The van der Waals surface area contributed by atoms with Crippen LogP contribution in [0.3, 0.4) is 0 Å². The van der Waals surface area contributed by atoms with Crippen molar-refractivity contribution in [1.82, 2.24) is 0 Å². The summed E-state index contributed by atoms with van der Waals surface area (Å²) < 4.78 is 27.9. The zero-order valence-electron chi connectivity index (χ0n) is 12.2. The summed E-state index contributed by atoms with van der Waals surface area (Å²) in [6.07, 6.45) is 3.65. The third kappa shape index (κ3) is 2.47. The van der Waals surface area contributed by atoms with E-state index in [0.29, 0.717) is 11.3 Å². The van der Waals surface area contributed by atoms with E-state index in [9.17, 15) is 8.42 Å². The molecule has 4 heteroatoms. The summed E-state index contributed by atoms with van der Waals surface area (Å²) in [4.78, 5) is 0.276. The van der Waals surface area contributed by atoms with Crippen LogP contribution in [-0.2, 0) is 10.0 Å². The lowest BCUT2D eigenvalue weighted by molar-refractivity contribution is 0.599. The van der Waals surface area contributed by atoms with Gasteiger partial charge in [0.15, 0.2) is 0 Å². The molecular formula is C19H13NO2S. The molecule has 0 N–H and O–H groups in total. The Labute approximate surface area is 134 Å². The summed E-state index contributed by atoms with van der Waals surface area (Å²) in [7, 11) is -3.56. The summed E-state index contributed by atoms with van der Waals surface area (Å²) >= 11 is 0. The number of benzene rings is 3. The highest BCUT2D eigenvalue weighted by Gasteiger charge is 2.26. The Hall–Kier alpha value is -2.72. The van der Waals surface area contributed by atoms with Crippen molar-refractivity contribution in [2.45, 2.75) is 4.90 Å². The molecule has 112 valence electrons. The number of rotatable bonds is 2. The second-order valence-electron chi connectivity index (χ2n) is 5.39. The lowest BCUT2D eigenvalue weighted by Crippen LogP contribution is -1.93. The summed E-state index contributed by atoms with van der Waals surface area (Å²) in [6.45, 7) is 0. The molecule has 0 aromatic heterocycles. The van der Waals surface area contributed by atoms with Gasteiger partial charge in [0.2, 0.25) is 0 Å². The molecule has 0 saturated carbocycles. The topological polar surface area (TPSA) is 46.5 Å². The van der Waals surface area contributed by atoms with Crippen molar-refractivity contribution in [2.24, 2.45) is 4.40 Å². The maximum absolute atomic E-state index is 12.0. The van der Waals surface area contributed by atoms with Gasteiger partial charge < -0.3 is 0 Å². The van der Waals surface area contributed by atoms with E-state index in [1.165, 1.54) is 5.39 Å². The van der Waals surface area contributed by atoms with Gasteiger partial charge in [-0.25, -0.2) is 0 Å². The van der Waals surface area contributed by atoms with Gasteiger partial charge in [-0.1, -0.05) is 60.7 Å². The number of hydrogen-bond acceptors (Lipinski definition) is 2. The van der Waals surface area contributed by atoms with Crippen molar-refractivity contribution < 1.29 is 8.42 Å². The molecule has 0 radical (unpaired) electrons. The molecule has 3 aromatic rings. The van der Waals surface area contributed by atoms with E-state index in [4.69, 9.17) is 0 Å². The van der Waals surface area contributed by atoms with Crippen LogP contribution in [-0.4, -0.2) is 14.1 Å². The minimum Gasteiger partial charge on any atom is -0.199 e.